The van der Waals surface area contributed by atoms with Gasteiger partial charge in [-0.1, -0.05) is 22.9 Å². The lowest BCUT2D eigenvalue weighted by molar-refractivity contribution is -0.123. The Labute approximate surface area is 71.2 Å². The van der Waals surface area contributed by atoms with E-state index in [2.05, 4.69) is 0 Å². The monoisotopic (exact) mass is 164 g/mol. The highest BCUT2D eigenvalue weighted by Crippen LogP contribution is 2.13. The molecule has 12 heavy (non-hydrogen) atoms. The molecule has 0 bridgehead atoms. The lowest BCUT2D eigenvalue weighted by Crippen LogP contribution is -2.21. The molecular weight excluding hydrogens is 154 g/mol. The topological polar surface area (TPSA) is 40.2 Å². The van der Waals surface area contributed by atoms with E-state index in [1.54, 1.807) is 24.3 Å². The normalized spacial score (nSPS) is 9.58. The molecule has 3 nitrogen and oxygen atoms in total. The number of benzene rings is 1. The minimum absolute atomic E-state index is 0.374. The number of nitrogens with zero attached hydrogens (tertiary/aromatic N) is 1. The SMILES string of the molecule is CC(=O)N([O])c1ccc(C)cc1. The number of carbonyl (C=O) groups excluding carboxylic acids is 1. The fourth-order valence-corrected chi connectivity index (χ4v) is 0.862. The number of amides is 1. The van der Waals surface area contributed by atoms with Crippen LogP contribution in [0.15, 0.2) is 24.3 Å². The van der Waals surface area contributed by atoms with Gasteiger partial charge >= 0.3 is 0 Å². The van der Waals surface area contributed by atoms with Crippen LogP contribution in [0.1, 0.15) is 12.5 Å². The van der Waals surface area contributed by atoms with E-state index in [1.165, 1.54) is 6.92 Å². The molecule has 0 aliphatic rings. The smallest absolute Gasteiger partial charge is 0.250 e. The number of anilines is 1. The first-order valence-corrected chi connectivity index (χ1v) is 3.66. The molecule has 3 heteroatoms. The fourth-order valence-electron chi connectivity index (χ4n) is 0.862. The van der Waals surface area contributed by atoms with E-state index in [4.69, 9.17) is 0 Å². The maximum absolute atomic E-state index is 11.0. The second kappa shape index (κ2) is 3.36. The molecule has 1 rings (SSSR count). The fraction of sp³-hybridized carbons (Fsp3) is 0.222. The highest BCUT2D eigenvalue weighted by molar-refractivity contribution is 5.88. The summed E-state index contributed by atoms with van der Waals surface area (Å²) in [5.74, 6) is -0.501. The molecule has 0 unspecified atom stereocenters. The van der Waals surface area contributed by atoms with Crippen LogP contribution in [0.4, 0.5) is 5.69 Å². The van der Waals surface area contributed by atoms with Gasteiger partial charge in [0.1, 0.15) is 0 Å². The van der Waals surface area contributed by atoms with Crippen LogP contribution in [-0.2, 0) is 10.0 Å². The van der Waals surface area contributed by atoms with Gasteiger partial charge in [-0.15, -0.1) is 0 Å². The zero-order valence-corrected chi connectivity index (χ0v) is 7.07. The van der Waals surface area contributed by atoms with E-state index in [9.17, 15) is 10.0 Å². The molecule has 1 radical (unpaired) electrons. The number of hydrogen-bond acceptors (Lipinski definition) is 1. The quantitative estimate of drug-likeness (QED) is 0.582. The van der Waals surface area contributed by atoms with Crippen LogP contribution in [0.3, 0.4) is 0 Å². The predicted molar refractivity (Wildman–Crippen MR) is 45.0 cm³/mol. The van der Waals surface area contributed by atoms with Crippen molar-refractivity contribution in [2.45, 2.75) is 13.8 Å². The standard InChI is InChI=1S/C9H10NO2/c1-7-3-5-9(6-4-7)10(12)8(2)11/h3-6H,1-2H3. The summed E-state index contributed by atoms with van der Waals surface area (Å²) in [6.45, 7) is 3.17. The molecule has 0 fully saturated rings. The van der Waals surface area contributed by atoms with Gasteiger partial charge in [0.15, 0.2) is 0 Å². The summed E-state index contributed by atoms with van der Waals surface area (Å²) in [5.41, 5.74) is 1.45. The Balaban J connectivity index is 2.89. The van der Waals surface area contributed by atoms with E-state index >= 15 is 0 Å². The molecular formula is C9H10NO2. The summed E-state index contributed by atoms with van der Waals surface area (Å²) < 4.78 is 0. The van der Waals surface area contributed by atoms with Crippen LogP contribution in [0, 0.1) is 6.92 Å². The number of hydrogen-bond donors (Lipinski definition) is 0. The zero-order chi connectivity index (χ0) is 9.14. The predicted octanol–water partition coefficient (Wildman–Crippen LogP) is 1.69. The third kappa shape index (κ3) is 1.83. The molecule has 0 aliphatic heterocycles. The Morgan fingerprint density at radius 2 is 1.75 bits per heavy atom. The summed E-state index contributed by atoms with van der Waals surface area (Å²) in [6, 6.07) is 6.85. The van der Waals surface area contributed by atoms with Crippen LogP contribution in [0.25, 0.3) is 0 Å². The van der Waals surface area contributed by atoms with E-state index in [1.807, 2.05) is 6.92 Å². The van der Waals surface area contributed by atoms with Gasteiger partial charge in [-0.3, -0.25) is 4.79 Å². The molecule has 0 atom stereocenters. The summed E-state index contributed by atoms with van der Waals surface area (Å²) in [4.78, 5) is 10.6. The van der Waals surface area contributed by atoms with Gasteiger partial charge in [0.2, 0.25) is 5.91 Å². The average molecular weight is 164 g/mol. The lowest BCUT2D eigenvalue weighted by Gasteiger charge is -2.08. The highest BCUT2D eigenvalue weighted by Gasteiger charge is 2.07. The van der Waals surface area contributed by atoms with Gasteiger partial charge < -0.3 is 0 Å². The summed E-state index contributed by atoms with van der Waals surface area (Å²) in [6.07, 6.45) is 0. The molecule has 1 aromatic rings. The van der Waals surface area contributed by atoms with Crippen LogP contribution in [0.5, 0.6) is 0 Å². The van der Waals surface area contributed by atoms with E-state index in [0.29, 0.717) is 10.8 Å². The Kier molecular flexibility index (Phi) is 2.45. The Morgan fingerprint density at radius 1 is 1.25 bits per heavy atom. The maximum Gasteiger partial charge on any atom is 0.250 e. The summed E-state index contributed by atoms with van der Waals surface area (Å²) in [7, 11) is 0. The van der Waals surface area contributed by atoms with Crippen molar-refractivity contribution in [2.75, 3.05) is 5.06 Å². The van der Waals surface area contributed by atoms with E-state index in [0.717, 1.165) is 5.56 Å². The van der Waals surface area contributed by atoms with E-state index in [-0.39, 0.29) is 0 Å². The van der Waals surface area contributed by atoms with Gasteiger partial charge in [0.25, 0.3) is 0 Å². The summed E-state index contributed by atoms with van der Waals surface area (Å²) in [5, 5.41) is 11.4. The molecule has 63 valence electrons. The Hall–Kier alpha value is -1.35. The molecule has 1 aromatic carbocycles. The number of aryl methyl sites for hydroxylation is 1. The van der Waals surface area contributed by atoms with Gasteiger partial charge in [-0.05, 0) is 19.1 Å². The minimum atomic E-state index is -0.501. The van der Waals surface area contributed by atoms with E-state index < -0.39 is 5.91 Å². The second-order valence-corrected chi connectivity index (χ2v) is 2.65. The van der Waals surface area contributed by atoms with Crippen LogP contribution in [-0.4, -0.2) is 5.91 Å². The molecule has 1 amide bonds. The largest absolute Gasteiger partial charge is 0.272 e. The Morgan fingerprint density at radius 3 is 2.17 bits per heavy atom. The molecule has 0 saturated carbocycles. The molecule has 0 aliphatic carbocycles. The van der Waals surface area contributed by atoms with Crippen LogP contribution >= 0.6 is 0 Å². The molecule has 0 N–H and O–H groups in total. The first-order valence-electron chi connectivity index (χ1n) is 3.66. The third-order valence-electron chi connectivity index (χ3n) is 1.55. The van der Waals surface area contributed by atoms with Crippen LogP contribution in [0.2, 0.25) is 0 Å². The van der Waals surface area contributed by atoms with Crippen molar-refractivity contribution in [1.29, 1.82) is 0 Å². The van der Waals surface area contributed by atoms with Crippen molar-refractivity contribution in [3.63, 3.8) is 0 Å². The van der Waals surface area contributed by atoms with Crippen molar-refractivity contribution in [3.05, 3.63) is 29.8 Å². The van der Waals surface area contributed by atoms with Crippen molar-refractivity contribution in [3.8, 4) is 0 Å². The lowest BCUT2D eigenvalue weighted by atomic mass is 10.2. The van der Waals surface area contributed by atoms with Crippen molar-refractivity contribution < 1.29 is 10.0 Å². The van der Waals surface area contributed by atoms with Crippen molar-refractivity contribution in [1.82, 2.24) is 0 Å². The minimum Gasteiger partial charge on any atom is -0.272 e. The van der Waals surface area contributed by atoms with Gasteiger partial charge in [-0.25, -0.2) is 0 Å². The van der Waals surface area contributed by atoms with Crippen LogP contribution < -0.4 is 5.06 Å². The second-order valence-electron chi connectivity index (χ2n) is 2.65. The number of hydroxylamine groups is 1. The molecule has 0 spiro atoms. The number of carbonyl (C=O) groups is 1. The highest BCUT2D eigenvalue weighted by atomic mass is 16.5. The first-order chi connectivity index (χ1) is 5.61. The maximum atomic E-state index is 11.0. The Bertz CT molecular complexity index is 279. The van der Waals surface area contributed by atoms with Gasteiger partial charge in [-0.2, -0.15) is 5.06 Å². The van der Waals surface area contributed by atoms with Gasteiger partial charge in [0, 0.05) is 6.92 Å². The molecule has 0 saturated heterocycles. The molecule has 0 heterocycles. The first kappa shape index (κ1) is 8.74. The van der Waals surface area contributed by atoms with Crippen molar-refractivity contribution in [2.24, 2.45) is 0 Å². The average Bonchev–Trinajstić information content (AvgIpc) is 2.04. The zero-order valence-electron chi connectivity index (χ0n) is 7.07. The van der Waals surface area contributed by atoms with Gasteiger partial charge in [0.05, 0.1) is 5.69 Å². The van der Waals surface area contributed by atoms with Crippen molar-refractivity contribution >= 4 is 11.6 Å². The molecule has 0 aromatic heterocycles. The third-order valence-corrected chi connectivity index (χ3v) is 1.55. The summed E-state index contributed by atoms with van der Waals surface area (Å²) >= 11 is 0. The number of rotatable bonds is 1.